The first-order chi connectivity index (χ1) is 41.6. The summed E-state index contributed by atoms with van der Waals surface area (Å²) < 4.78 is 26.5. The monoisotopic (exact) mass is 1290 g/mol. The number of anilines is 1. The van der Waals surface area contributed by atoms with Crippen molar-refractivity contribution in [2.45, 2.75) is 58.0 Å². The number of carbonyl (C=O) groups excluding carboxylic acids is 6. The van der Waals surface area contributed by atoms with Crippen molar-refractivity contribution in [2.24, 2.45) is 5.92 Å². The Kier molecular flexibility index (Phi) is 21.8. The average Bonchev–Trinajstić information content (AvgIpc) is 2.21. The summed E-state index contributed by atoms with van der Waals surface area (Å²) in [5, 5.41) is 36.0. The number of aliphatic hydroxyl groups is 1. The number of carbonyl (C=O) groups is 6. The highest BCUT2D eigenvalue weighted by atomic mass is 32.1. The Bertz CT molecular complexity index is 3670. The van der Waals surface area contributed by atoms with E-state index in [4.69, 9.17) is 53.6 Å². The average molecular weight is 1290 g/mol. The molecule has 86 heavy (non-hydrogen) atoms. The molecule has 0 unspecified atom stereocenters. The molecular formula is C55H59N13O12S6. The molecule has 0 aliphatic carbocycles. The number of pyridine rings is 1. The zero-order chi connectivity index (χ0) is 60.9. The number of ether oxygens (including phenoxy) is 5. The number of hydrogen-bond acceptors (Lipinski definition) is 25. The van der Waals surface area contributed by atoms with Crippen LogP contribution in [-0.2, 0) is 39.9 Å². The number of nitrogens with one attached hydrogen (secondary N) is 6. The van der Waals surface area contributed by atoms with E-state index in [0.29, 0.717) is 99.3 Å². The number of nitrogens with zero attached hydrogens (tertiary/aromatic N) is 7. The van der Waals surface area contributed by atoms with Gasteiger partial charge in [-0.1, -0.05) is 44.2 Å². The van der Waals surface area contributed by atoms with Crippen LogP contribution in [0, 0.1) is 12.8 Å². The number of aryl methyl sites for hydroxylation is 1. The van der Waals surface area contributed by atoms with Gasteiger partial charge in [0.2, 0.25) is 11.8 Å². The van der Waals surface area contributed by atoms with E-state index in [1.807, 2.05) is 13.8 Å². The molecule has 31 heteroatoms. The van der Waals surface area contributed by atoms with Crippen LogP contribution in [-0.4, -0.2) is 143 Å². The zero-order valence-electron chi connectivity index (χ0n) is 47.1. The van der Waals surface area contributed by atoms with Crippen molar-refractivity contribution in [3.63, 3.8) is 0 Å². The van der Waals surface area contributed by atoms with Gasteiger partial charge in [-0.05, 0) is 30.5 Å². The lowest BCUT2D eigenvalue weighted by atomic mass is 10.0. The maximum Gasteiger partial charge on any atom is 0.412 e. The summed E-state index contributed by atoms with van der Waals surface area (Å²) in [7, 11) is 4.53. The summed E-state index contributed by atoms with van der Waals surface area (Å²) in [6.07, 6.45) is -0.604. The largest absolute Gasteiger partial charge is 0.447 e. The second-order valence-electron chi connectivity index (χ2n) is 19.1. The van der Waals surface area contributed by atoms with Crippen LogP contribution in [0.3, 0.4) is 0 Å². The van der Waals surface area contributed by atoms with Crippen LogP contribution in [0.4, 0.5) is 10.6 Å². The Hall–Kier alpha value is -7.43. The van der Waals surface area contributed by atoms with Crippen molar-refractivity contribution >= 4 is 109 Å². The van der Waals surface area contributed by atoms with Crippen molar-refractivity contribution < 1.29 is 57.6 Å². The number of amides is 6. The Balaban J connectivity index is 1.06. The highest BCUT2D eigenvalue weighted by Gasteiger charge is 2.33. The van der Waals surface area contributed by atoms with Gasteiger partial charge in [-0.15, -0.1) is 68.0 Å². The third-order valence-corrected chi connectivity index (χ3v) is 18.6. The number of fused-ring (bicyclic) bond motifs is 14. The lowest BCUT2D eigenvalue weighted by molar-refractivity contribution is -0.122. The van der Waals surface area contributed by atoms with Crippen LogP contribution in [0.1, 0.15) is 106 Å². The summed E-state index contributed by atoms with van der Waals surface area (Å²) >= 11 is 7.16. The van der Waals surface area contributed by atoms with Gasteiger partial charge in [-0.25, -0.2) is 39.7 Å². The lowest BCUT2D eigenvalue weighted by Gasteiger charge is -2.23. The number of rotatable bonds is 18. The molecule has 0 fully saturated rings. The number of benzene rings is 1. The summed E-state index contributed by atoms with van der Waals surface area (Å²) in [4.78, 5) is 117. The van der Waals surface area contributed by atoms with E-state index in [1.165, 1.54) is 70.8 Å². The quantitative estimate of drug-likeness (QED) is 0.0408. The molecule has 1 aliphatic heterocycles. The number of hydrogen-bond donors (Lipinski definition) is 7. The van der Waals surface area contributed by atoms with E-state index in [0.717, 1.165) is 11.3 Å². The van der Waals surface area contributed by atoms with Crippen molar-refractivity contribution in [3.05, 3.63) is 112 Å². The molecule has 4 atom stereocenters. The second-order valence-corrected chi connectivity index (χ2v) is 25.1. The van der Waals surface area contributed by atoms with E-state index < -0.39 is 66.4 Å². The summed E-state index contributed by atoms with van der Waals surface area (Å²) in [5.74, 6) is -2.91. The molecular weight excluding hydrogens is 1230 g/mol. The predicted molar refractivity (Wildman–Crippen MR) is 325 cm³/mol. The first kappa shape index (κ1) is 63.1. The molecule has 7 aromatic heterocycles. The first-order valence-corrected chi connectivity index (χ1v) is 31.7. The van der Waals surface area contributed by atoms with Gasteiger partial charge in [-0.3, -0.25) is 29.3 Å². The molecule has 452 valence electrons. The minimum atomic E-state index is -1.28. The molecule has 9 rings (SSSR count). The van der Waals surface area contributed by atoms with Gasteiger partial charge >= 0.3 is 6.09 Å². The van der Waals surface area contributed by atoms with Crippen molar-refractivity contribution in [1.82, 2.24) is 61.5 Å². The minimum Gasteiger partial charge on any atom is -0.447 e. The number of methoxy groups -OCH3 is 2. The molecule has 8 heterocycles. The number of aromatic nitrogens is 7. The zero-order valence-corrected chi connectivity index (χ0v) is 52.0. The van der Waals surface area contributed by atoms with Gasteiger partial charge in [-0.2, -0.15) is 0 Å². The van der Waals surface area contributed by atoms with Crippen LogP contribution < -0.4 is 31.9 Å². The van der Waals surface area contributed by atoms with Crippen LogP contribution in [0.15, 0.2) is 64.8 Å². The van der Waals surface area contributed by atoms with E-state index in [1.54, 1.807) is 78.8 Å². The minimum absolute atomic E-state index is 0.00153. The topological polar surface area (TPSA) is 331 Å². The Morgan fingerprint density at radius 2 is 1.43 bits per heavy atom. The first-order valence-electron chi connectivity index (χ1n) is 26.6. The maximum atomic E-state index is 14.3. The van der Waals surface area contributed by atoms with Crippen LogP contribution in [0.2, 0.25) is 0 Å². The molecule has 0 spiro atoms. The third-order valence-electron chi connectivity index (χ3n) is 12.7. The van der Waals surface area contributed by atoms with Crippen molar-refractivity contribution in [2.75, 3.05) is 72.8 Å². The molecule has 7 N–H and O–H groups in total. The summed E-state index contributed by atoms with van der Waals surface area (Å²) in [5.41, 5.74) is 2.38. The molecule has 0 radical (unpaired) electrons. The maximum absolute atomic E-state index is 14.3. The smallest absolute Gasteiger partial charge is 0.412 e. The molecule has 8 aromatic rings. The molecule has 1 aliphatic rings. The highest BCUT2D eigenvalue weighted by molar-refractivity contribution is 7.19. The molecule has 25 nitrogen and oxygen atoms in total. The fourth-order valence-corrected chi connectivity index (χ4v) is 14.0. The molecule has 1 aromatic carbocycles. The van der Waals surface area contributed by atoms with Crippen LogP contribution in [0.5, 0.6) is 0 Å². The second kappa shape index (κ2) is 29.8. The van der Waals surface area contributed by atoms with E-state index in [2.05, 4.69) is 36.9 Å². The van der Waals surface area contributed by atoms with Gasteiger partial charge in [0, 0.05) is 54.0 Å². The Labute approximate surface area is 516 Å². The van der Waals surface area contributed by atoms with Gasteiger partial charge in [0.1, 0.15) is 77.4 Å². The summed E-state index contributed by atoms with van der Waals surface area (Å²) in [6.45, 7) is 6.73. The lowest BCUT2D eigenvalue weighted by Crippen LogP contribution is -2.40. The molecule has 6 amide bonds. The Morgan fingerprint density at radius 3 is 2.19 bits per heavy atom. The van der Waals surface area contributed by atoms with E-state index in [9.17, 15) is 33.9 Å². The normalized spacial score (nSPS) is 16.2. The summed E-state index contributed by atoms with van der Waals surface area (Å²) in [6, 6.07) is 9.51. The molecule has 10 bridgehead atoms. The van der Waals surface area contributed by atoms with Gasteiger partial charge < -0.3 is 55.4 Å². The fourth-order valence-electron chi connectivity index (χ4n) is 8.43. The number of thiazole rings is 6. The highest BCUT2D eigenvalue weighted by Crippen LogP contribution is 2.41. The standard InChI is InChI=1S/C55H59N13O12S6/c1-27(2)40-54-68-43(36(86-54)23-77-6)47(73)57-22-39(70)65-44(45(71)29-10-8-7-9-11-29)53-62-34(25-82-53)50-58-21-35(85-50)42-30(12-13-31(59-42)51-63-37(26-83-51)64-55(75)80-19-18-79-17-16-78-15-14-76-5)49-61-33(24-81-49)46(72)60-32(20-38(69)56-4)52-67-41(28(3)84-52)48(74)66-40/h7-13,21,24-27,32,40,44-45,71H,14-20,22-23H2,1-6H3,(H,56,69)(H,57,73)(H,60,72)(H,64,75)(H,65,70)(H,66,74)/t32-,40-,44-,45-/m0/s1. The van der Waals surface area contributed by atoms with Crippen LogP contribution in [0.25, 0.3) is 42.5 Å². The van der Waals surface area contributed by atoms with E-state index in [-0.39, 0.29) is 55.1 Å². The van der Waals surface area contributed by atoms with Crippen molar-refractivity contribution in [3.8, 4) is 42.5 Å². The van der Waals surface area contributed by atoms with Crippen LogP contribution >= 0.6 is 68.0 Å². The SMILES string of the molecule is CNC(=O)C[C@@H]1NC(=O)c2csc(n2)-c2ccc(-c3nc(NC(=O)OCCOCCOCCOC)cs3)nc2-c2cnc(s2)-c2csc(n2)[C@H]([C@@H](O)c2ccccc2)NC(=O)CNC(=O)c2nc(sc2COC)[C@H](C(C)C)NC(=O)c2nc1sc2C. The molecule has 0 saturated heterocycles. The van der Waals surface area contributed by atoms with E-state index >= 15 is 0 Å². The van der Waals surface area contributed by atoms with Gasteiger partial charge in [0.05, 0.1) is 85.8 Å². The molecule has 0 saturated carbocycles. The van der Waals surface area contributed by atoms with Crippen molar-refractivity contribution in [1.29, 1.82) is 0 Å². The predicted octanol–water partition coefficient (Wildman–Crippen LogP) is 7.54. The number of aliphatic hydroxyl groups excluding tert-OH is 1. The third kappa shape index (κ3) is 15.8. The van der Waals surface area contributed by atoms with Gasteiger partial charge in [0.25, 0.3) is 17.7 Å². The fraction of sp³-hybridized carbons (Fsp3) is 0.364. The van der Waals surface area contributed by atoms with Gasteiger partial charge in [0.15, 0.2) is 0 Å². The Morgan fingerprint density at radius 1 is 0.686 bits per heavy atom.